The van der Waals surface area contributed by atoms with E-state index in [0.717, 1.165) is 16.7 Å². The molecule has 0 bridgehead atoms. The third-order valence-electron chi connectivity index (χ3n) is 6.16. The van der Waals surface area contributed by atoms with E-state index in [-0.39, 0.29) is 24.1 Å². The smallest absolute Gasteiger partial charge is 0.251 e. The fourth-order valence-corrected chi connectivity index (χ4v) is 4.16. The number of halogens is 1. The first kappa shape index (κ1) is 26.4. The van der Waals surface area contributed by atoms with Crippen LogP contribution in [-0.4, -0.2) is 40.1 Å². The van der Waals surface area contributed by atoms with Crippen LogP contribution in [0.25, 0.3) is 16.8 Å². The van der Waals surface area contributed by atoms with Crippen LogP contribution in [0.5, 0.6) is 5.75 Å². The summed E-state index contributed by atoms with van der Waals surface area (Å²) >= 11 is 0. The van der Waals surface area contributed by atoms with Crippen LogP contribution in [0, 0.1) is 5.82 Å². The Bertz CT molecular complexity index is 1670. The van der Waals surface area contributed by atoms with Gasteiger partial charge in [-0.1, -0.05) is 24.3 Å². The molecule has 0 radical (unpaired) electrons. The average Bonchev–Trinajstić information content (AvgIpc) is 3.36. The number of anilines is 3. The summed E-state index contributed by atoms with van der Waals surface area (Å²) < 4.78 is 20.2. The van der Waals surface area contributed by atoms with Crippen molar-refractivity contribution in [3.8, 4) is 16.9 Å². The van der Waals surface area contributed by atoms with E-state index in [4.69, 9.17) is 4.74 Å². The Morgan fingerprint density at radius 3 is 2.42 bits per heavy atom. The minimum Gasteiger partial charge on any atom is -0.495 e. The summed E-state index contributed by atoms with van der Waals surface area (Å²) in [5.74, 6) is 0.180. The molecule has 2 heterocycles. The molecule has 0 aliphatic heterocycles. The maximum atomic E-state index is 13.1. The number of carbonyl (C=O) groups excluding carboxylic acids is 2. The zero-order valence-corrected chi connectivity index (χ0v) is 21.9. The van der Waals surface area contributed by atoms with Crippen molar-refractivity contribution in [2.45, 2.75) is 13.3 Å². The highest BCUT2D eigenvalue weighted by atomic mass is 19.1. The van der Waals surface area contributed by atoms with Gasteiger partial charge < -0.3 is 20.7 Å². The Balaban J connectivity index is 1.27. The Morgan fingerprint density at radius 1 is 0.950 bits per heavy atom. The lowest BCUT2D eigenvalue weighted by molar-refractivity contribution is -0.115. The molecule has 3 N–H and O–H groups in total. The van der Waals surface area contributed by atoms with Gasteiger partial charge in [-0.25, -0.2) is 8.91 Å². The summed E-state index contributed by atoms with van der Waals surface area (Å²) in [5.41, 5.74) is 5.02. The van der Waals surface area contributed by atoms with Crippen LogP contribution in [0.2, 0.25) is 0 Å². The Hall–Kier alpha value is -5.25. The molecule has 10 heteroatoms. The molecular weight excluding hydrogens is 511 g/mol. The fourth-order valence-electron chi connectivity index (χ4n) is 4.16. The zero-order chi connectivity index (χ0) is 28.1. The maximum absolute atomic E-state index is 13.1. The van der Waals surface area contributed by atoms with Gasteiger partial charge in [-0.2, -0.15) is 4.98 Å². The van der Waals surface area contributed by atoms with Crippen molar-refractivity contribution < 1.29 is 18.7 Å². The predicted molar refractivity (Wildman–Crippen MR) is 151 cm³/mol. The lowest BCUT2D eigenvalue weighted by atomic mass is 10.1. The number of nitrogens with one attached hydrogen (secondary N) is 3. The van der Waals surface area contributed by atoms with Gasteiger partial charge in [0.2, 0.25) is 11.9 Å². The molecule has 0 aliphatic rings. The average molecular weight is 539 g/mol. The Labute approximate surface area is 230 Å². The molecule has 2 aromatic heterocycles. The first-order valence-corrected chi connectivity index (χ1v) is 12.7. The second-order valence-corrected chi connectivity index (χ2v) is 8.98. The highest BCUT2D eigenvalue weighted by Crippen LogP contribution is 2.28. The van der Waals surface area contributed by atoms with E-state index in [2.05, 4.69) is 26.0 Å². The van der Waals surface area contributed by atoms with E-state index in [1.165, 1.54) is 19.2 Å². The van der Waals surface area contributed by atoms with E-state index in [0.29, 0.717) is 40.8 Å². The Kier molecular flexibility index (Phi) is 7.68. The van der Waals surface area contributed by atoms with Crippen molar-refractivity contribution in [1.82, 2.24) is 19.9 Å². The quantitative estimate of drug-likeness (QED) is 0.237. The van der Waals surface area contributed by atoms with Gasteiger partial charge in [0.15, 0.2) is 5.65 Å². The number of aromatic nitrogens is 3. The van der Waals surface area contributed by atoms with Crippen LogP contribution in [0.1, 0.15) is 22.8 Å². The van der Waals surface area contributed by atoms with Crippen LogP contribution < -0.4 is 20.7 Å². The SMILES string of the molecule is CCNC(=O)c1ccc(Nc2nc3ccc(-c4ccc(NC(=O)Cc5ccc(F)cc5)cc4)cn3n2)c(OC)c1. The van der Waals surface area contributed by atoms with Gasteiger partial charge in [0, 0.05) is 29.6 Å². The number of pyridine rings is 1. The number of nitrogens with zero attached hydrogens (tertiary/aromatic N) is 3. The molecule has 5 aromatic rings. The molecule has 0 fully saturated rings. The van der Waals surface area contributed by atoms with Crippen molar-refractivity contribution in [1.29, 1.82) is 0 Å². The van der Waals surface area contributed by atoms with Gasteiger partial charge in [0.1, 0.15) is 11.6 Å². The van der Waals surface area contributed by atoms with Crippen molar-refractivity contribution in [2.75, 3.05) is 24.3 Å². The summed E-state index contributed by atoms with van der Waals surface area (Å²) in [6, 6.07) is 22.3. The third-order valence-corrected chi connectivity index (χ3v) is 6.16. The molecule has 5 rings (SSSR count). The first-order chi connectivity index (χ1) is 19.4. The van der Waals surface area contributed by atoms with Gasteiger partial charge in [-0.15, -0.1) is 5.10 Å². The molecule has 202 valence electrons. The summed E-state index contributed by atoms with van der Waals surface area (Å²) in [7, 11) is 1.54. The van der Waals surface area contributed by atoms with Crippen molar-refractivity contribution in [3.05, 3.63) is 102 Å². The summed E-state index contributed by atoms with van der Waals surface area (Å²) in [6.45, 7) is 2.40. The molecule has 0 saturated heterocycles. The molecule has 9 nitrogen and oxygen atoms in total. The number of hydrogen-bond donors (Lipinski definition) is 3. The fraction of sp³-hybridized carbons (Fsp3) is 0.133. The number of rotatable bonds is 9. The highest BCUT2D eigenvalue weighted by Gasteiger charge is 2.13. The summed E-state index contributed by atoms with van der Waals surface area (Å²) in [4.78, 5) is 29.0. The number of ether oxygens (including phenoxy) is 1. The summed E-state index contributed by atoms with van der Waals surface area (Å²) in [5, 5.41) is 13.3. The van der Waals surface area contributed by atoms with Crippen molar-refractivity contribution in [3.63, 3.8) is 0 Å². The maximum Gasteiger partial charge on any atom is 0.251 e. The largest absolute Gasteiger partial charge is 0.495 e. The van der Waals surface area contributed by atoms with E-state index in [1.54, 1.807) is 34.8 Å². The lowest BCUT2D eigenvalue weighted by Gasteiger charge is -2.10. The van der Waals surface area contributed by atoms with Crippen LogP contribution >= 0.6 is 0 Å². The number of hydrogen-bond acceptors (Lipinski definition) is 6. The van der Waals surface area contributed by atoms with Crippen LogP contribution in [0.3, 0.4) is 0 Å². The normalized spacial score (nSPS) is 10.8. The predicted octanol–water partition coefficient (Wildman–Crippen LogP) is 5.22. The van der Waals surface area contributed by atoms with Gasteiger partial charge in [-0.3, -0.25) is 9.59 Å². The highest BCUT2D eigenvalue weighted by molar-refractivity contribution is 5.95. The number of fused-ring (bicyclic) bond motifs is 1. The number of amides is 2. The minimum atomic E-state index is -0.333. The molecule has 40 heavy (non-hydrogen) atoms. The molecule has 0 saturated carbocycles. The molecule has 3 aromatic carbocycles. The second kappa shape index (κ2) is 11.6. The van der Waals surface area contributed by atoms with E-state index in [9.17, 15) is 14.0 Å². The second-order valence-electron chi connectivity index (χ2n) is 8.98. The van der Waals surface area contributed by atoms with Gasteiger partial charge >= 0.3 is 0 Å². The van der Waals surface area contributed by atoms with Crippen LogP contribution in [0.15, 0.2) is 85.1 Å². The topological polar surface area (TPSA) is 110 Å². The number of carbonyl (C=O) groups is 2. The third kappa shape index (κ3) is 6.07. The van der Waals surface area contributed by atoms with Crippen molar-refractivity contribution in [2.24, 2.45) is 0 Å². The molecule has 0 spiro atoms. The van der Waals surface area contributed by atoms with Crippen LogP contribution in [-0.2, 0) is 11.2 Å². The molecule has 0 aliphatic carbocycles. The first-order valence-electron chi connectivity index (χ1n) is 12.7. The number of methoxy groups -OCH3 is 1. The molecule has 0 unspecified atom stereocenters. The van der Waals surface area contributed by atoms with Gasteiger partial charge in [-0.05, 0) is 72.6 Å². The summed E-state index contributed by atoms with van der Waals surface area (Å²) in [6.07, 6.45) is 2.02. The van der Waals surface area contributed by atoms with E-state index in [1.807, 2.05) is 49.5 Å². The van der Waals surface area contributed by atoms with E-state index >= 15 is 0 Å². The van der Waals surface area contributed by atoms with Crippen LogP contribution in [0.4, 0.5) is 21.7 Å². The van der Waals surface area contributed by atoms with E-state index < -0.39 is 0 Å². The molecule has 2 amide bonds. The molecule has 0 atom stereocenters. The lowest BCUT2D eigenvalue weighted by Crippen LogP contribution is -2.22. The monoisotopic (exact) mass is 538 g/mol. The van der Waals surface area contributed by atoms with Gasteiger partial charge in [0.05, 0.1) is 19.2 Å². The number of benzene rings is 3. The Morgan fingerprint density at radius 2 is 1.70 bits per heavy atom. The zero-order valence-electron chi connectivity index (χ0n) is 21.9. The van der Waals surface area contributed by atoms with Gasteiger partial charge in [0.25, 0.3) is 5.91 Å². The standard InChI is InChI=1S/C30H27FN6O3/c1-3-32-29(39)21-8-14-25(26(17-21)40-2)34-30-35-27-15-9-22(18-37(27)36-30)20-6-12-24(13-7-20)33-28(38)16-19-4-10-23(31)11-5-19/h4-15,17-18H,3,16H2,1-2H3,(H,32,39)(H,33,38)(H,34,36). The minimum absolute atomic E-state index is 0.158. The molecular formula is C30H27FN6O3. The van der Waals surface area contributed by atoms with Crippen molar-refractivity contribution >= 4 is 34.8 Å².